The molecule has 0 bridgehead atoms. The Balaban J connectivity index is 1.69. The highest BCUT2D eigenvalue weighted by molar-refractivity contribution is 5.53. The van der Waals surface area contributed by atoms with Crippen molar-refractivity contribution in [2.24, 2.45) is 0 Å². The number of aromatic amines is 2. The second-order valence-electron chi connectivity index (χ2n) is 6.74. The average molecular weight is 431 g/mol. The maximum absolute atomic E-state index is 13.1. The maximum Gasteiger partial charge on any atom is 0.272 e. The smallest absolute Gasteiger partial charge is 0.272 e. The predicted octanol–water partition coefficient (Wildman–Crippen LogP) is 2.06. The molecule has 0 aliphatic carbocycles. The predicted molar refractivity (Wildman–Crippen MR) is 118 cm³/mol. The van der Waals surface area contributed by atoms with E-state index in [0.29, 0.717) is 28.5 Å². The quantitative estimate of drug-likeness (QED) is 0.504. The molecule has 4 rings (SSSR count). The van der Waals surface area contributed by atoms with E-state index in [1.807, 2.05) is 0 Å². The molecule has 2 aromatic heterocycles. The van der Waals surface area contributed by atoms with Crippen molar-refractivity contribution in [3.8, 4) is 17.2 Å². The van der Waals surface area contributed by atoms with Gasteiger partial charge in [-0.2, -0.15) is 0 Å². The Labute approximate surface area is 181 Å². The zero-order valence-electron chi connectivity index (χ0n) is 17.0. The number of nitrogens with zero attached hydrogens (tertiary/aromatic N) is 1. The van der Waals surface area contributed by atoms with Crippen LogP contribution in [0.1, 0.15) is 11.3 Å². The van der Waals surface area contributed by atoms with Gasteiger partial charge in [-0.3, -0.25) is 14.6 Å². The molecule has 0 amide bonds. The summed E-state index contributed by atoms with van der Waals surface area (Å²) in [6, 6.07) is 16.0. The van der Waals surface area contributed by atoms with E-state index in [0.717, 1.165) is 0 Å². The molecule has 0 saturated heterocycles. The SMILES string of the molecule is COc1cccnc1/C=c1\[nH]c(=O)/c(=C/c2cccc(Oc3ccc(F)cc3)c2)[nH]c1=O. The summed E-state index contributed by atoms with van der Waals surface area (Å²) in [5.74, 6) is 1.09. The Morgan fingerprint density at radius 3 is 2.31 bits per heavy atom. The molecule has 0 saturated carbocycles. The normalized spacial score (nSPS) is 12.1. The molecule has 2 heterocycles. The molecular formula is C24H18FN3O4. The lowest BCUT2D eigenvalue weighted by molar-refractivity contribution is 0.411. The lowest BCUT2D eigenvalue weighted by Gasteiger charge is -2.06. The molecule has 8 heteroatoms. The standard InChI is InChI=1S/C24H18FN3O4/c1-31-22-6-3-11-26-19(22)14-21-24(30)27-20(23(29)28-21)13-15-4-2-5-18(12-15)32-17-9-7-16(25)8-10-17/h2-14H,1H3,(H,27,30)(H,28,29)/b20-13-,21-14-. The molecule has 0 fully saturated rings. The highest BCUT2D eigenvalue weighted by Crippen LogP contribution is 2.22. The van der Waals surface area contributed by atoms with Crippen molar-refractivity contribution in [2.45, 2.75) is 0 Å². The molecule has 7 nitrogen and oxygen atoms in total. The van der Waals surface area contributed by atoms with Gasteiger partial charge in [0.15, 0.2) is 0 Å². The topological polar surface area (TPSA) is 97.1 Å². The lowest BCUT2D eigenvalue weighted by atomic mass is 10.2. The summed E-state index contributed by atoms with van der Waals surface area (Å²) in [6.07, 6.45) is 4.53. The van der Waals surface area contributed by atoms with E-state index in [-0.39, 0.29) is 16.5 Å². The van der Waals surface area contributed by atoms with Gasteiger partial charge in [-0.1, -0.05) is 12.1 Å². The first-order valence-corrected chi connectivity index (χ1v) is 9.60. The van der Waals surface area contributed by atoms with Crippen molar-refractivity contribution in [2.75, 3.05) is 7.11 Å². The summed E-state index contributed by atoms with van der Waals surface area (Å²) in [5, 5.41) is 0.136. The second-order valence-corrected chi connectivity index (χ2v) is 6.74. The Kier molecular flexibility index (Phi) is 5.94. The number of rotatable bonds is 5. The highest BCUT2D eigenvalue weighted by Gasteiger charge is 2.03. The molecule has 160 valence electrons. The van der Waals surface area contributed by atoms with Crippen molar-refractivity contribution in [3.63, 3.8) is 0 Å². The Morgan fingerprint density at radius 2 is 1.59 bits per heavy atom. The van der Waals surface area contributed by atoms with Crippen molar-refractivity contribution >= 4 is 12.2 Å². The van der Waals surface area contributed by atoms with Crippen LogP contribution in [-0.2, 0) is 0 Å². The summed E-state index contributed by atoms with van der Waals surface area (Å²) in [4.78, 5) is 34.4. The van der Waals surface area contributed by atoms with Crippen LogP contribution in [0.25, 0.3) is 12.2 Å². The Bertz CT molecular complexity index is 1490. The minimum Gasteiger partial charge on any atom is -0.494 e. The molecule has 0 aliphatic rings. The van der Waals surface area contributed by atoms with Gasteiger partial charge in [-0.15, -0.1) is 0 Å². The van der Waals surface area contributed by atoms with Gasteiger partial charge < -0.3 is 19.4 Å². The first-order valence-electron chi connectivity index (χ1n) is 9.60. The average Bonchev–Trinajstić information content (AvgIpc) is 2.79. The van der Waals surface area contributed by atoms with Crippen molar-refractivity contribution < 1.29 is 13.9 Å². The number of aromatic nitrogens is 3. The fraction of sp³-hybridized carbons (Fsp3) is 0.0417. The lowest BCUT2D eigenvalue weighted by Crippen LogP contribution is -2.46. The van der Waals surface area contributed by atoms with Gasteiger partial charge in [0, 0.05) is 6.20 Å². The second kappa shape index (κ2) is 9.13. The summed E-state index contributed by atoms with van der Waals surface area (Å²) < 4.78 is 24.0. The van der Waals surface area contributed by atoms with E-state index >= 15 is 0 Å². The number of pyridine rings is 1. The maximum atomic E-state index is 13.1. The summed E-state index contributed by atoms with van der Waals surface area (Å²) in [6.45, 7) is 0. The number of H-pyrrole nitrogens is 2. The van der Waals surface area contributed by atoms with Gasteiger partial charge in [0.25, 0.3) is 11.1 Å². The molecule has 0 radical (unpaired) electrons. The van der Waals surface area contributed by atoms with Crippen molar-refractivity contribution in [3.05, 3.63) is 115 Å². The van der Waals surface area contributed by atoms with Crippen molar-refractivity contribution in [1.29, 1.82) is 0 Å². The van der Waals surface area contributed by atoms with Crippen LogP contribution in [0, 0.1) is 5.82 Å². The van der Waals surface area contributed by atoms with E-state index in [1.165, 1.54) is 43.5 Å². The monoisotopic (exact) mass is 431 g/mol. The molecule has 0 unspecified atom stereocenters. The fourth-order valence-corrected chi connectivity index (χ4v) is 2.99. The van der Waals surface area contributed by atoms with Gasteiger partial charge in [0.1, 0.15) is 39.5 Å². The molecule has 0 spiro atoms. The van der Waals surface area contributed by atoms with Gasteiger partial charge in [-0.25, -0.2) is 4.39 Å². The highest BCUT2D eigenvalue weighted by atomic mass is 19.1. The van der Waals surface area contributed by atoms with Crippen LogP contribution in [0.4, 0.5) is 4.39 Å². The van der Waals surface area contributed by atoms with E-state index in [1.54, 1.807) is 42.6 Å². The van der Waals surface area contributed by atoms with Crippen LogP contribution in [0.15, 0.2) is 76.4 Å². The number of benzene rings is 2. The molecule has 2 N–H and O–H groups in total. The van der Waals surface area contributed by atoms with E-state index in [9.17, 15) is 14.0 Å². The van der Waals surface area contributed by atoms with Crippen LogP contribution < -0.4 is 31.3 Å². The third-order valence-corrected chi connectivity index (χ3v) is 4.50. The number of hydrogen-bond acceptors (Lipinski definition) is 5. The molecule has 2 aromatic carbocycles. The minimum absolute atomic E-state index is 0.0533. The number of ether oxygens (including phenoxy) is 2. The van der Waals surface area contributed by atoms with Crippen LogP contribution in [0.5, 0.6) is 17.2 Å². The number of methoxy groups -OCH3 is 1. The Morgan fingerprint density at radius 1 is 0.875 bits per heavy atom. The van der Waals surface area contributed by atoms with Crippen molar-refractivity contribution in [1.82, 2.24) is 15.0 Å². The van der Waals surface area contributed by atoms with E-state index < -0.39 is 11.1 Å². The van der Waals surface area contributed by atoms with Gasteiger partial charge in [0.2, 0.25) is 0 Å². The minimum atomic E-state index is -0.484. The molecule has 32 heavy (non-hydrogen) atoms. The van der Waals surface area contributed by atoms with Crippen LogP contribution >= 0.6 is 0 Å². The largest absolute Gasteiger partial charge is 0.494 e. The first kappa shape index (κ1) is 20.8. The third kappa shape index (κ3) is 4.81. The van der Waals surface area contributed by atoms with E-state index in [2.05, 4.69) is 15.0 Å². The van der Waals surface area contributed by atoms with E-state index in [4.69, 9.17) is 9.47 Å². The van der Waals surface area contributed by atoms with Crippen LogP contribution in [-0.4, -0.2) is 22.1 Å². The number of nitrogens with one attached hydrogen (secondary N) is 2. The Hall–Kier alpha value is -4.46. The zero-order chi connectivity index (χ0) is 22.5. The summed E-state index contributed by atoms with van der Waals surface area (Å²) >= 11 is 0. The van der Waals surface area contributed by atoms with Crippen LogP contribution in [0.3, 0.4) is 0 Å². The number of halogens is 1. The van der Waals surface area contributed by atoms with Crippen LogP contribution in [0.2, 0.25) is 0 Å². The third-order valence-electron chi connectivity index (χ3n) is 4.50. The summed E-state index contributed by atoms with van der Waals surface area (Å²) in [5.41, 5.74) is 0.0882. The molecule has 0 atom stereocenters. The fourth-order valence-electron chi connectivity index (χ4n) is 2.99. The molecule has 4 aromatic rings. The molecular weight excluding hydrogens is 413 g/mol. The van der Waals surface area contributed by atoms with Gasteiger partial charge in [0.05, 0.1) is 7.11 Å². The zero-order valence-corrected chi connectivity index (χ0v) is 17.0. The first-order chi connectivity index (χ1) is 15.5. The summed E-state index contributed by atoms with van der Waals surface area (Å²) in [7, 11) is 1.49. The van der Waals surface area contributed by atoms with Gasteiger partial charge in [-0.05, 0) is 66.2 Å². The van der Waals surface area contributed by atoms with Gasteiger partial charge >= 0.3 is 0 Å². The number of hydrogen-bond donors (Lipinski definition) is 2. The molecule has 0 aliphatic heterocycles.